The van der Waals surface area contributed by atoms with Gasteiger partial charge in [-0.2, -0.15) is 4.99 Å². The maximum absolute atomic E-state index is 12.6. The molecule has 0 N–H and O–H groups in total. The molecule has 7 nitrogen and oxygen atoms in total. The van der Waals surface area contributed by atoms with Crippen molar-refractivity contribution in [1.82, 2.24) is 4.48 Å². The molecule has 23 heavy (non-hydrogen) atoms. The highest BCUT2D eigenvalue weighted by atomic mass is 16.5. The maximum atomic E-state index is 12.6. The van der Waals surface area contributed by atoms with E-state index in [0.717, 1.165) is 0 Å². The molecule has 0 spiro atoms. The lowest BCUT2D eigenvalue weighted by Crippen LogP contribution is -2.64. The van der Waals surface area contributed by atoms with Crippen LogP contribution in [0.1, 0.15) is 25.8 Å². The Kier molecular flexibility index (Phi) is 4.42. The number of aliphatic imine (C=N–C) groups is 1. The zero-order chi connectivity index (χ0) is 17.4. The summed E-state index contributed by atoms with van der Waals surface area (Å²) in [5, 5.41) is 11.6. The molecule has 124 valence electrons. The third kappa shape index (κ3) is 2.46. The standard InChI is InChI=1S/C16H20N2O5/c1-6-11(15(19)20)18(3)12-8-14(23-5)13(22-4)7-10(12)9(2)17-16(18)21/h7-8,11H,6H2,1-5H3. The van der Waals surface area contributed by atoms with Gasteiger partial charge in [-0.25, -0.2) is 9.28 Å². The van der Waals surface area contributed by atoms with E-state index >= 15 is 0 Å². The molecule has 7 heteroatoms. The molecular formula is C16H20N2O5. The molecule has 2 rings (SSSR count). The summed E-state index contributed by atoms with van der Waals surface area (Å²) in [6.45, 7) is 3.40. The van der Waals surface area contributed by atoms with Gasteiger partial charge in [0.05, 0.1) is 32.5 Å². The largest absolute Gasteiger partial charge is 0.544 e. The number of methoxy groups -OCH3 is 2. The Bertz CT molecular complexity index is 698. The van der Waals surface area contributed by atoms with Gasteiger partial charge >= 0.3 is 6.03 Å². The number of hydrogen-bond acceptors (Lipinski definition) is 5. The number of carboxylic acid groups (broad SMARTS) is 1. The van der Waals surface area contributed by atoms with Crippen molar-refractivity contribution in [3.63, 3.8) is 0 Å². The third-order valence-electron chi connectivity index (χ3n) is 4.33. The first-order valence-electron chi connectivity index (χ1n) is 7.25. The normalized spacial score (nSPS) is 21.3. The van der Waals surface area contributed by atoms with Crippen molar-refractivity contribution in [2.24, 2.45) is 4.99 Å². The molecule has 2 amide bonds. The van der Waals surface area contributed by atoms with Crippen LogP contribution in [0.2, 0.25) is 0 Å². The molecule has 0 radical (unpaired) electrons. The number of fused-ring (bicyclic) bond motifs is 1. The van der Waals surface area contributed by atoms with Gasteiger partial charge in [-0.05, 0) is 13.0 Å². The van der Waals surface area contributed by atoms with Gasteiger partial charge in [-0.15, -0.1) is 0 Å². The number of rotatable bonds is 5. The fourth-order valence-electron chi connectivity index (χ4n) is 3.00. The Morgan fingerprint density at radius 1 is 1.30 bits per heavy atom. The molecule has 0 saturated carbocycles. The summed E-state index contributed by atoms with van der Waals surface area (Å²) in [6, 6.07) is 1.75. The van der Waals surface area contributed by atoms with Crippen LogP contribution >= 0.6 is 0 Å². The van der Waals surface area contributed by atoms with E-state index in [1.165, 1.54) is 21.3 Å². The van der Waals surface area contributed by atoms with E-state index < -0.39 is 22.5 Å². The number of benzene rings is 1. The summed E-state index contributed by atoms with van der Waals surface area (Å²) >= 11 is 0. The van der Waals surface area contributed by atoms with Crippen molar-refractivity contribution in [2.75, 3.05) is 21.3 Å². The number of carbonyl (C=O) groups is 2. The van der Waals surface area contributed by atoms with Crippen molar-refractivity contribution >= 4 is 23.4 Å². The summed E-state index contributed by atoms with van der Waals surface area (Å²) in [5.41, 5.74) is 1.68. The second-order valence-electron chi connectivity index (χ2n) is 5.52. The highest BCUT2D eigenvalue weighted by molar-refractivity contribution is 6.15. The molecule has 0 saturated heterocycles. The smallest absolute Gasteiger partial charge is 0.448 e. The number of carbonyl (C=O) groups excluding carboxylic acids is 2. The molecule has 0 aliphatic carbocycles. The van der Waals surface area contributed by atoms with Crippen molar-refractivity contribution in [1.29, 1.82) is 0 Å². The van der Waals surface area contributed by atoms with Crippen molar-refractivity contribution in [3.8, 4) is 11.5 Å². The molecule has 2 atom stereocenters. The summed E-state index contributed by atoms with van der Waals surface area (Å²) in [7, 11) is 4.53. The van der Waals surface area contributed by atoms with Crippen molar-refractivity contribution < 1.29 is 24.2 Å². The first kappa shape index (κ1) is 17.0. The van der Waals surface area contributed by atoms with E-state index in [9.17, 15) is 14.7 Å². The van der Waals surface area contributed by atoms with Crippen LogP contribution in [0.4, 0.5) is 10.5 Å². The number of aliphatic carboxylic acids is 1. The number of hydrogen-bond donors (Lipinski definition) is 0. The summed E-state index contributed by atoms with van der Waals surface area (Å²) < 4.78 is 10.1. The molecular weight excluding hydrogens is 300 g/mol. The fourth-order valence-corrected chi connectivity index (χ4v) is 3.00. The monoisotopic (exact) mass is 320 g/mol. The number of amides is 2. The van der Waals surface area contributed by atoms with Gasteiger partial charge < -0.3 is 19.4 Å². The molecule has 1 aromatic rings. The van der Waals surface area contributed by atoms with Gasteiger partial charge in [0.1, 0.15) is 12.0 Å². The molecule has 0 bridgehead atoms. The minimum absolute atomic E-state index is 0.229. The second-order valence-corrected chi connectivity index (χ2v) is 5.52. The first-order valence-corrected chi connectivity index (χ1v) is 7.25. The zero-order valence-corrected chi connectivity index (χ0v) is 13.9. The van der Waals surface area contributed by atoms with E-state index in [2.05, 4.69) is 4.99 Å². The van der Waals surface area contributed by atoms with Gasteiger partial charge in [0.2, 0.25) is 0 Å². The number of carboxylic acids is 1. The summed E-state index contributed by atoms with van der Waals surface area (Å²) in [4.78, 5) is 28.2. The van der Waals surface area contributed by atoms with Crippen LogP contribution in [-0.2, 0) is 4.79 Å². The Morgan fingerprint density at radius 2 is 1.87 bits per heavy atom. The highest BCUT2D eigenvalue weighted by Gasteiger charge is 2.47. The number of likely N-dealkylation sites (N-methyl/N-ethyl adjacent to an activating group) is 1. The second kappa shape index (κ2) is 6.00. The lowest BCUT2D eigenvalue weighted by Gasteiger charge is -2.40. The lowest BCUT2D eigenvalue weighted by atomic mass is 9.99. The SMILES string of the molecule is CCC(C(=O)[O-])[N+]1(C)C(=O)N=C(C)c2cc(OC)c(OC)cc21. The Hall–Kier alpha value is -2.41. The van der Waals surface area contributed by atoms with Crippen molar-refractivity contribution in [2.45, 2.75) is 26.3 Å². The van der Waals surface area contributed by atoms with Crippen LogP contribution in [0.3, 0.4) is 0 Å². The molecule has 2 unspecified atom stereocenters. The van der Waals surface area contributed by atoms with Crippen LogP contribution in [-0.4, -0.2) is 45.0 Å². The van der Waals surface area contributed by atoms with E-state index in [1.807, 2.05) is 0 Å². The Morgan fingerprint density at radius 3 is 2.35 bits per heavy atom. The minimum atomic E-state index is -1.29. The quantitative estimate of drug-likeness (QED) is 0.758. The van der Waals surface area contributed by atoms with Gasteiger partial charge in [0.15, 0.2) is 17.2 Å². The van der Waals surface area contributed by atoms with E-state index in [0.29, 0.717) is 28.5 Å². The lowest BCUT2D eigenvalue weighted by molar-refractivity contribution is -0.310. The number of ether oxygens (including phenoxy) is 2. The summed E-state index contributed by atoms with van der Waals surface area (Å²) in [5.74, 6) is -0.381. The van der Waals surface area contributed by atoms with Gasteiger partial charge in [0, 0.05) is 12.5 Å². The molecule has 0 aromatic heterocycles. The molecule has 0 fully saturated rings. The predicted molar refractivity (Wildman–Crippen MR) is 84.0 cm³/mol. The van der Waals surface area contributed by atoms with E-state index in [1.54, 1.807) is 26.0 Å². The molecule has 1 aliphatic heterocycles. The van der Waals surface area contributed by atoms with Crippen LogP contribution in [0.25, 0.3) is 0 Å². The first-order chi connectivity index (χ1) is 10.8. The van der Waals surface area contributed by atoms with Crippen LogP contribution in [0, 0.1) is 0 Å². The Labute approximate surface area is 134 Å². The molecule has 1 heterocycles. The number of quaternary nitrogens is 1. The highest BCUT2D eigenvalue weighted by Crippen LogP contribution is 2.41. The minimum Gasteiger partial charge on any atom is -0.544 e. The zero-order valence-electron chi connectivity index (χ0n) is 13.9. The van der Waals surface area contributed by atoms with Crippen molar-refractivity contribution in [3.05, 3.63) is 17.7 Å². The van der Waals surface area contributed by atoms with Crippen LogP contribution in [0.15, 0.2) is 17.1 Å². The number of nitrogens with zero attached hydrogens (tertiary/aromatic N) is 2. The van der Waals surface area contributed by atoms with E-state index in [4.69, 9.17) is 9.47 Å². The summed E-state index contributed by atoms with van der Waals surface area (Å²) in [6.07, 6.45) is 0.229. The van der Waals surface area contributed by atoms with E-state index in [-0.39, 0.29) is 6.42 Å². The molecule has 1 aromatic carbocycles. The fraction of sp³-hybridized carbons (Fsp3) is 0.438. The van der Waals surface area contributed by atoms with Gasteiger partial charge in [-0.3, -0.25) is 0 Å². The van der Waals surface area contributed by atoms with Crippen LogP contribution in [0.5, 0.6) is 11.5 Å². The average molecular weight is 320 g/mol. The molecule has 1 aliphatic rings. The maximum Gasteiger partial charge on any atom is 0.448 e. The van der Waals surface area contributed by atoms with Gasteiger partial charge in [0.25, 0.3) is 0 Å². The average Bonchev–Trinajstić information content (AvgIpc) is 2.52. The third-order valence-corrected chi connectivity index (χ3v) is 4.33. The predicted octanol–water partition coefficient (Wildman–Crippen LogP) is 1.11. The topological polar surface area (TPSA) is 88.0 Å². The Balaban J connectivity index is 2.79. The van der Waals surface area contributed by atoms with Crippen LogP contribution < -0.4 is 19.1 Å². The number of urea groups is 1. The van der Waals surface area contributed by atoms with Gasteiger partial charge in [-0.1, -0.05) is 6.92 Å².